The van der Waals surface area contributed by atoms with E-state index in [0.29, 0.717) is 0 Å². The van der Waals surface area contributed by atoms with Crippen LogP contribution < -0.4 is 0 Å². The average molecular weight is 405 g/mol. The first-order valence-electron chi connectivity index (χ1n) is 11.6. The predicted molar refractivity (Wildman–Crippen MR) is 134 cm³/mol. The van der Waals surface area contributed by atoms with Gasteiger partial charge in [0.25, 0.3) is 0 Å². The smallest absolute Gasteiger partial charge is 0.0249 e. The highest BCUT2D eigenvalue weighted by Gasteiger charge is 1.99. The van der Waals surface area contributed by atoms with Crippen molar-refractivity contribution >= 4 is 0 Å². The number of rotatable bonds is 7. The lowest BCUT2D eigenvalue weighted by Gasteiger charge is -2.05. The zero-order valence-electron chi connectivity index (χ0n) is 18.9. The molecule has 0 N–H and O–H groups in total. The first kappa shape index (κ1) is 22.5. The van der Waals surface area contributed by atoms with Crippen molar-refractivity contribution in [3.05, 3.63) is 95.1 Å². The highest BCUT2D eigenvalue weighted by atomic mass is 14.0. The van der Waals surface area contributed by atoms with Crippen LogP contribution in [-0.4, -0.2) is 0 Å². The van der Waals surface area contributed by atoms with E-state index in [1.165, 1.54) is 48.8 Å². The molecule has 0 aromatic heterocycles. The molecule has 0 heteroatoms. The molecule has 0 radical (unpaired) electrons. The summed E-state index contributed by atoms with van der Waals surface area (Å²) in [6, 6.07) is 25.7. The van der Waals surface area contributed by atoms with Crippen LogP contribution in [0.1, 0.15) is 74.6 Å². The summed E-state index contributed by atoms with van der Waals surface area (Å²) < 4.78 is 0. The van der Waals surface area contributed by atoms with Crippen molar-refractivity contribution in [3.63, 3.8) is 0 Å². The van der Waals surface area contributed by atoms with Crippen molar-refractivity contribution in [2.75, 3.05) is 0 Å². The van der Waals surface area contributed by atoms with Crippen molar-refractivity contribution in [3.8, 4) is 34.8 Å². The molecule has 0 saturated carbocycles. The molecule has 0 heterocycles. The van der Waals surface area contributed by atoms with Crippen molar-refractivity contribution < 1.29 is 0 Å². The normalized spacial score (nSPS) is 10.0. The molecule has 0 saturated heterocycles. The van der Waals surface area contributed by atoms with Gasteiger partial charge in [0.1, 0.15) is 0 Å². The molecule has 0 aliphatic rings. The van der Waals surface area contributed by atoms with Crippen molar-refractivity contribution in [2.45, 2.75) is 58.8 Å². The Morgan fingerprint density at radius 2 is 1.03 bits per heavy atom. The quantitative estimate of drug-likeness (QED) is 0.276. The highest BCUT2D eigenvalue weighted by molar-refractivity contribution is 5.64. The second-order valence-electron chi connectivity index (χ2n) is 7.96. The van der Waals surface area contributed by atoms with E-state index in [4.69, 9.17) is 0 Å². The van der Waals surface area contributed by atoms with Gasteiger partial charge < -0.3 is 0 Å². The maximum atomic E-state index is 3.27. The Balaban J connectivity index is 1.59. The van der Waals surface area contributed by atoms with E-state index >= 15 is 0 Å². The third kappa shape index (κ3) is 7.51. The van der Waals surface area contributed by atoms with Crippen LogP contribution in [0.5, 0.6) is 0 Å². The van der Waals surface area contributed by atoms with Crippen LogP contribution in [0.2, 0.25) is 0 Å². The zero-order valence-corrected chi connectivity index (χ0v) is 18.9. The van der Waals surface area contributed by atoms with Crippen molar-refractivity contribution in [2.24, 2.45) is 0 Å². The second-order valence-corrected chi connectivity index (χ2v) is 7.96. The van der Waals surface area contributed by atoms with E-state index in [0.717, 1.165) is 29.5 Å². The Kier molecular flexibility index (Phi) is 9.04. The lowest BCUT2D eigenvalue weighted by Crippen LogP contribution is -1.86. The fraction of sp³-hybridized carbons (Fsp3) is 0.290. The monoisotopic (exact) mass is 404 g/mol. The largest absolute Gasteiger partial charge is 0.0979 e. The fourth-order valence-electron chi connectivity index (χ4n) is 3.44. The summed E-state index contributed by atoms with van der Waals surface area (Å²) in [5, 5.41) is 0. The van der Waals surface area contributed by atoms with Crippen molar-refractivity contribution in [1.29, 1.82) is 0 Å². The van der Waals surface area contributed by atoms with Crippen LogP contribution in [-0.2, 0) is 6.42 Å². The van der Waals surface area contributed by atoms with Gasteiger partial charge in [-0.25, -0.2) is 0 Å². The third-order valence-electron chi connectivity index (χ3n) is 5.33. The average Bonchev–Trinajstić information content (AvgIpc) is 2.82. The van der Waals surface area contributed by atoms with Crippen LogP contribution in [0.25, 0.3) is 11.1 Å². The Hall–Kier alpha value is -3.22. The van der Waals surface area contributed by atoms with E-state index in [9.17, 15) is 0 Å². The summed E-state index contributed by atoms with van der Waals surface area (Å²) in [4.78, 5) is 0. The SMILES string of the molecule is CCCC#Cc1ccc(C#Cc2ccc(-c3ccc(CCCCCC)cc3)cc2)cc1. The number of aryl methyl sites for hydroxylation is 1. The summed E-state index contributed by atoms with van der Waals surface area (Å²) >= 11 is 0. The maximum absolute atomic E-state index is 3.27. The molecular formula is C31H32. The summed E-state index contributed by atoms with van der Waals surface area (Å²) in [5.41, 5.74) is 7.03. The van der Waals surface area contributed by atoms with E-state index in [-0.39, 0.29) is 0 Å². The van der Waals surface area contributed by atoms with Gasteiger partial charge >= 0.3 is 0 Å². The Labute approximate surface area is 188 Å². The Bertz CT molecular complexity index is 1040. The predicted octanol–water partition coefficient (Wildman–Crippen LogP) is 8.03. The highest BCUT2D eigenvalue weighted by Crippen LogP contribution is 2.21. The molecule has 0 bridgehead atoms. The van der Waals surface area contributed by atoms with Gasteiger partial charge in [0, 0.05) is 23.1 Å². The van der Waals surface area contributed by atoms with Crippen LogP contribution in [0.4, 0.5) is 0 Å². The summed E-state index contributed by atoms with van der Waals surface area (Å²) in [6.07, 6.45) is 8.47. The van der Waals surface area contributed by atoms with Crippen molar-refractivity contribution in [1.82, 2.24) is 0 Å². The molecule has 0 aliphatic heterocycles. The minimum absolute atomic E-state index is 0.945. The van der Waals surface area contributed by atoms with Gasteiger partial charge in [0.05, 0.1) is 0 Å². The molecule has 31 heavy (non-hydrogen) atoms. The first-order chi connectivity index (χ1) is 15.3. The molecule has 0 unspecified atom stereocenters. The number of unbranched alkanes of at least 4 members (excludes halogenated alkanes) is 4. The van der Waals surface area contributed by atoms with Gasteiger partial charge in [-0.15, -0.1) is 0 Å². The van der Waals surface area contributed by atoms with Crippen LogP contribution in [0.3, 0.4) is 0 Å². The minimum Gasteiger partial charge on any atom is -0.0979 e. The van der Waals surface area contributed by atoms with Crippen LogP contribution >= 0.6 is 0 Å². The second kappa shape index (κ2) is 12.5. The molecule has 0 atom stereocenters. The first-order valence-corrected chi connectivity index (χ1v) is 11.6. The van der Waals surface area contributed by atoms with Gasteiger partial charge in [0.2, 0.25) is 0 Å². The zero-order chi connectivity index (χ0) is 21.7. The van der Waals surface area contributed by atoms with E-state index in [1.54, 1.807) is 0 Å². The van der Waals surface area contributed by atoms with E-state index in [1.807, 2.05) is 24.3 Å². The summed E-state index contributed by atoms with van der Waals surface area (Å²) in [5.74, 6) is 12.9. The lowest BCUT2D eigenvalue weighted by molar-refractivity contribution is 0.667. The molecule has 0 amide bonds. The van der Waals surface area contributed by atoms with Crippen LogP contribution in [0.15, 0.2) is 72.8 Å². The fourth-order valence-corrected chi connectivity index (χ4v) is 3.44. The summed E-state index contributed by atoms with van der Waals surface area (Å²) in [7, 11) is 0. The molecule has 0 nitrogen and oxygen atoms in total. The van der Waals surface area contributed by atoms with Gasteiger partial charge in [-0.2, -0.15) is 0 Å². The van der Waals surface area contributed by atoms with Crippen LogP contribution in [0, 0.1) is 23.7 Å². The molecule has 0 spiro atoms. The molecule has 3 aromatic carbocycles. The molecule has 3 aromatic rings. The summed E-state index contributed by atoms with van der Waals surface area (Å²) in [6.45, 7) is 4.40. The lowest BCUT2D eigenvalue weighted by atomic mass is 10.0. The third-order valence-corrected chi connectivity index (χ3v) is 5.33. The molecule has 3 rings (SSSR count). The van der Waals surface area contributed by atoms with E-state index in [2.05, 4.69) is 86.1 Å². The molecule has 0 aliphatic carbocycles. The number of hydrogen-bond donors (Lipinski definition) is 0. The Morgan fingerprint density at radius 1 is 0.516 bits per heavy atom. The van der Waals surface area contributed by atoms with Gasteiger partial charge in [0.15, 0.2) is 0 Å². The standard InChI is InChI=1S/C31H32/c1-3-5-7-9-11-27-18-22-30(23-19-27)31-24-20-29(21-25-31)17-16-28-14-12-26(13-15-28)10-8-6-4-2/h12-15,18-25H,3-7,9,11H2,1-2H3. The molecule has 156 valence electrons. The van der Waals surface area contributed by atoms with Gasteiger partial charge in [-0.3, -0.25) is 0 Å². The Morgan fingerprint density at radius 3 is 1.58 bits per heavy atom. The molecular weight excluding hydrogens is 372 g/mol. The topological polar surface area (TPSA) is 0 Å². The molecule has 0 fully saturated rings. The maximum Gasteiger partial charge on any atom is 0.0249 e. The van der Waals surface area contributed by atoms with Gasteiger partial charge in [-0.05, 0) is 72.4 Å². The van der Waals surface area contributed by atoms with E-state index < -0.39 is 0 Å². The minimum atomic E-state index is 0.945. The number of benzene rings is 3. The number of hydrogen-bond acceptors (Lipinski definition) is 0. The van der Waals surface area contributed by atoms with Gasteiger partial charge in [-0.1, -0.05) is 93.2 Å².